The maximum absolute atomic E-state index is 13.1. The van der Waals surface area contributed by atoms with Crippen molar-refractivity contribution in [3.05, 3.63) is 35.6 Å². The third kappa shape index (κ3) is 4.04. The summed E-state index contributed by atoms with van der Waals surface area (Å²) in [6, 6.07) is 7.63. The maximum atomic E-state index is 13.1. The summed E-state index contributed by atoms with van der Waals surface area (Å²) in [7, 11) is 0. The van der Waals surface area contributed by atoms with Crippen molar-refractivity contribution in [3.8, 4) is 0 Å². The van der Waals surface area contributed by atoms with E-state index in [0.29, 0.717) is 11.5 Å². The first kappa shape index (κ1) is 15.0. The van der Waals surface area contributed by atoms with Crippen molar-refractivity contribution in [3.63, 3.8) is 0 Å². The third-order valence-corrected chi connectivity index (χ3v) is 5.45. The van der Waals surface area contributed by atoms with Gasteiger partial charge in [-0.25, -0.2) is 4.39 Å². The summed E-state index contributed by atoms with van der Waals surface area (Å²) < 4.78 is 13.1. The van der Waals surface area contributed by atoms with E-state index in [9.17, 15) is 4.39 Å². The number of benzene rings is 1. The average Bonchev–Trinajstić information content (AvgIpc) is 2.51. The van der Waals surface area contributed by atoms with Gasteiger partial charge < -0.3 is 10.6 Å². The molecule has 0 bridgehead atoms. The molecule has 1 spiro atoms. The molecule has 0 atom stereocenters. The van der Waals surface area contributed by atoms with E-state index in [0.717, 1.165) is 18.5 Å². The van der Waals surface area contributed by atoms with Crippen molar-refractivity contribution in [2.24, 2.45) is 5.41 Å². The summed E-state index contributed by atoms with van der Waals surface area (Å²) in [5, 5.41) is 7.15. The topological polar surface area (TPSA) is 24.1 Å². The second-order valence-corrected chi connectivity index (χ2v) is 6.86. The largest absolute Gasteiger partial charge is 0.317 e. The minimum absolute atomic E-state index is 0.127. The molecule has 0 aromatic heterocycles. The van der Waals surface area contributed by atoms with Gasteiger partial charge >= 0.3 is 0 Å². The van der Waals surface area contributed by atoms with Crippen LogP contribution in [-0.2, 0) is 6.42 Å². The Morgan fingerprint density at radius 3 is 2.62 bits per heavy atom. The summed E-state index contributed by atoms with van der Waals surface area (Å²) in [5.74, 6) is -0.127. The maximum Gasteiger partial charge on any atom is 0.123 e. The molecule has 0 radical (unpaired) electrons. The van der Waals surface area contributed by atoms with Crippen LogP contribution in [0.5, 0.6) is 0 Å². The van der Waals surface area contributed by atoms with E-state index in [2.05, 4.69) is 10.6 Å². The molecule has 0 unspecified atom stereocenters. The summed E-state index contributed by atoms with van der Waals surface area (Å²) in [5.41, 5.74) is 1.74. The molecule has 3 heteroatoms. The number of piperidine rings is 1. The van der Waals surface area contributed by atoms with Gasteiger partial charge in [-0.3, -0.25) is 0 Å². The number of nitrogens with one attached hydrogen (secondary N) is 2. The van der Waals surface area contributed by atoms with Crippen LogP contribution in [0.1, 0.15) is 44.1 Å². The fourth-order valence-corrected chi connectivity index (χ4v) is 4.00. The van der Waals surface area contributed by atoms with E-state index in [1.807, 2.05) is 6.07 Å². The van der Waals surface area contributed by atoms with Gasteiger partial charge in [-0.1, -0.05) is 12.1 Å². The molecule has 1 aliphatic heterocycles. The first-order valence-electron chi connectivity index (χ1n) is 8.44. The Balaban J connectivity index is 1.39. The Morgan fingerprint density at radius 2 is 1.90 bits per heavy atom. The first-order valence-corrected chi connectivity index (χ1v) is 8.44. The minimum Gasteiger partial charge on any atom is -0.317 e. The number of hydrogen-bond acceptors (Lipinski definition) is 2. The zero-order chi connectivity index (χ0) is 14.5. The van der Waals surface area contributed by atoms with Gasteiger partial charge in [-0.2, -0.15) is 0 Å². The number of hydrogen-bond donors (Lipinski definition) is 2. The van der Waals surface area contributed by atoms with Crippen molar-refractivity contribution < 1.29 is 4.39 Å². The summed E-state index contributed by atoms with van der Waals surface area (Å²) >= 11 is 0. The lowest BCUT2D eigenvalue weighted by atomic mass is 9.67. The van der Waals surface area contributed by atoms with E-state index in [1.165, 1.54) is 57.7 Å². The molecule has 1 aliphatic carbocycles. The van der Waals surface area contributed by atoms with Gasteiger partial charge in [-0.15, -0.1) is 0 Å². The fourth-order valence-electron chi connectivity index (χ4n) is 4.00. The summed E-state index contributed by atoms with van der Waals surface area (Å²) in [6.07, 6.45) is 9.03. The van der Waals surface area contributed by atoms with Crippen LogP contribution in [0.15, 0.2) is 24.3 Å². The van der Waals surface area contributed by atoms with Crippen LogP contribution in [0.4, 0.5) is 4.39 Å². The normalized spacial score (nSPS) is 22.5. The molecule has 21 heavy (non-hydrogen) atoms. The number of halogens is 1. The summed E-state index contributed by atoms with van der Waals surface area (Å²) in [6.45, 7) is 3.37. The lowest BCUT2D eigenvalue weighted by Gasteiger charge is -2.43. The number of rotatable bonds is 4. The predicted octanol–water partition coefficient (Wildman–Crippen LogP) is 3.27. The highest BCUT2D eigenvalue weighted by Gasteiger charge is 2.35. The third-order valence-electron chi connectivity index (χ3n) is 5.45. The van der Waals surface area contributed by atoms with E-state index >= 15 is 0 Å². The molecule has 2 nitrogen and oxygen atoms in total. The molecule has 1 aromatic rings. The highest BCUT2D eigenvalue weighted by Crippen LogP contribution is 2.43. The van der Waals surface area contributed by atoms with Crippen LogP contribution in [0.2, 0.25) is 0 Å². The Bertz CT molecular complexity index is 444. The smallest absolute Gasteiger partial charge is 0.123 e. The van der Waals surface area contributed by atoms with E-state index in [-0.39, 0.29) is 5.82 Å². The van der Waals surface area contributed by atoms with Crippen LogP contribution in [-0.4, -0.2) is 25.7 Å². The Kier molecular flexibility index (Phi) is 4.91. The Hall–Kier alpha value is -0.930. The van der Waals surface area contributed by atoms with Crippen molar-refractivity contribution in [2.75, 3.05) is 19.6 Å². The SMILES string of the molecule is Fc1cccc(CCNC2CCC3(CCNCC3)CC2)c1. The minimum atomic E-state index is -0.127. The molecule has 2 aliphatic rings. The fraction of sp³-hybridized carbons (Fsp3) is 0.667. The lowest BCUT2D eigenvalue weighted by Crippen LogP contribution is -2.43. The second kappa shape index (κ2) is 6.89. The molecule has 2 fully saturated rings. The van der Waals surface area contributed by atoms with Crippen molar-refractivity contribution in [1.29, 1.82) is 0 Å². The summed E-state index contributed by atoms with van der Waals surface area (Å²) in [4.78, 5) is 0. The van der Waals surface area contributed by atoms with Crippen LogP contribution < -0.4 is 10.6 Å². The molecule has 116 valence electrons. The average molecular weight is 290 g/mol. The zero-order valence-electron chi connectivity index (χ0n) is 12.8. The molecule has 2 N–H and O–H groups in total. The van der Waals surface area contributed by atoms with Crippen LogP contribution in [0, 0.1) is 11.2 Å². The van der Waals surface area contributed by atoms with Crippen LogP contribution in [0.3, 0.4) is 0 Å². The van der Waals surface area contributed by atoms with Crippen molar-refractivity contribution in [1.82, 2.24) is 10.6 Å². The monoisotopic (exact) mass is 290 g/mol. The van der Waals surface area contributed by atoms with Gasteiger partial charge in [-0.05, 0) is 87.7 Å². The Morgan fingerprint density at radius 1 is 1.14 bits per heavy atom. The molecule has 3 rings (SSSR count). The van der Waals surface area contributed by atoms with Crippen LogP contribution >= 0.6 is 0 Å². The van der Waals surface area contributed by atoms with E-state index in [4.69, 9.17) is 0 Å². The van der Waals surface area contributed by atoms with Gasteiger partial charge in [0.2, 0.25) is 0 Å². The predicted molar refractivity (Wildman–Crippen MR) is 84.9 cm³/mol. The second-order valence-electron chi connectivity index (χ2n) is 6.86. The molecular weight excluding hydrogens is 263 g/mol. The van der Waals surface area contributed by atoms with Gasteiger partial charge in [0.05, 0.1) is 0 Å². The highest BCUT2D eigenvalue weighted by molar-refractivity contribution is 5.16. The van der Waals surface area contributed by atoms with Crippen molar-refractivity contribution in [2.45, 2.75) is 51.0 Å². The van der Waals surface area contributed by atoms with Crippen LogP contribution in [0.25, 0.3) is 0 Å². The lowest BCUT2D eigenvalue weighted by molar-refractivity contribution is 0.116. The molecule has 1 saturated carbocycles. The molecule has 1 aromatic carbocycles. The molecule has 1 heterocycles. The molecule has 0 amide bonds. The highest BCUT2D eigenvalue weighted by atomic mass is 19.1. The van der Waals surface area contributed by atoms with Gasteiger partial charge in [0.15, 0.2) is 0 Å². The van der Waals surface area contributed by atoms with Gasteiger partial charge in [0.1, 0.15) is 5.82 Å². The van der Waals surface area contributed by atoms with Crippen molar-refractivity contribution >= 4 is 0 Å². The standard InChI is InChI=1S/C18H27FN2/c19-16-3-1-2-15(14-16)6-11-21-17-4-7-18(8-5-17)9-12-20-13-10-18/h1-3,14,17,20-21H,4-13H2. The Labute approximate surface area is 127 Å². The van der Waals surface area contributed by atoms with E-state index < -0.39 is 0 Å². The zero-order valence-corrected chi connectivity index (χ0v) is 12.8. The van der Waals surface area contributed by atoms with Gasteiger partial charge in [0.25, 0.3) is 0 Å². The van der Waals surface area contributed by atoms with E-state index in [1.54, 1.807) is 12.1 Å². The molecule has 1 saturated heterocycles. The molecular formula is C18H27FN2. The first-order chi connectivity index (χ1) is 10.3. The quantitative estimate of drug-likeness (QED) is 0.889. The van der Waals surface area contributed by atoms with Gasteiger partial charge in [0, 0.05) is 6.04 Å².